The van der Waals surface area contributed by atoms with Crippen LogP contribution in [0.25, 0.3) is 0 Å². The highest BCUT2D eigenvalue weighted by Gasteiger charge is 2.23. The second-order valence-electron chi connectivity index (χ2n) is 4.18. The molecule has 2 rings (SSSR count). The van der Waals surface area contributed by atoms with Crippen molar-refractivity contribution in [2.24, 2.45) is 0 Å². The van der Waals surface area contributed by atoms with Crippen LogP contribution in [-0.2, 0) is 0 Å². The first-order valence-corrected chi connectivity index (χ1v) is 7.12. The number of carbonyl (C=O) groups is 1. The van der Waals surface area contributed by atoms with Gasteiger partial charge in [0.2, 0.25) is 5.78 Å². The van der Waals surface area contributed by atoms with Crippen LogP contribution in [0.2, 0.25) is 0 Å². The minimum absolute atomic E-state index is 0.263. The fourth-order valence-electron chi connectivity index (χ4n) is 1.83. The van der Waals surface area contributed by atoms with Crippen molar-refractivity contribution in [2.45, 2.75) is 19.8 Å². The average Bonchev–Trinajstić information content (AvgIpc) is 2.88. The molecule has 0 aliphatic rings. The zero-order chi connectivity index (χ0) is 14.5. The van der Waals surface area contributed by atoms with Gasteiger partial charge in [-0.2, -0.15) is 5.26 Å². The summed E-state index contributed by atoms with van der Waals surface area (Å²) < 4.78 is 5.34. The van der Waals surface area contributed by atoms with Gasteiger partial charge in [0.05, 0.1) is 17.7 Å². The lowest BCUT2D eigenvalue weighted by molar-refractivity contribution is 0.0974. The van der Waals surface area contributed by atoms with Crippen LogP contribution in [0.1, 0.15) is 33.9 Å². The Morgan fingerprint density at radius 3 is 2.65 bits per heavy atom. The minimum atomic E-state index is -0.827. The molecule has 0 amide bonds. The predicted octanol–water partition coefficient (Wildman–Crippen LogP) is 3.34. The van der Waals surface area contributed by atoms with Crippen molar-refractivity contribution >= 4 is 17.1 Å². The van der Waals surface area contributed by atoms with Crippen molar-refractivity contribution in [3.8, 4) is 11.8 Å². The van der Waals surface area contributed by atoms with E-state index in [9.17, 15) is 10.1 Å². The largest absolute Gasteiger partial charge is 0.494 e. The first kappa shape index (κ1) is 14.2. The van der Waals surface area contributed by atoms with Gasteiger partial charge < -0.3 is 4.74 Å². The van der Waals surface area contributed by atoms with Crippen LogP contribution < -0.4 is 4.74 Å². The molecule has 0 radical (unpaired) electrons. The van der Waals surface area contributed by atoms with E-state index in [-0.39, 0.29) is 5.78 Å². The summed E-state index contributed by atoms with van der Waals surface area (Å²) in [6, 6.07) is 9.08. The predicted molar refractivity (Wildman–Crippen MR) is 77.1 cm³/mol. The third-order valence-electron chi connectivity index (χ3n) is 2.79. The number of aryl methyl sites for hydroxylation is 1. The number of hydrogen-bond donors (Lipinski definition) is 0. The van der Waals surface area contributed by atoms with Gasteiger partial charge in [-0.3, -0.25) is 4.79 Å². The Bertz CT molecular complexity index is 641. The standard InChI is InChI=1S/C15H14N2O2S/c1-3-19-12-6-4-11(5-7-12)13(8-16)15(18)14-9-20-10(2)17-14/h4-7,9,13H,3H2,1-2H3. The zero-order valence-electron chi connectivity index (χ0n) is 11.3. The van der Waals surface area contributed by atoms with E-state index in [1.807, 2.05) is 13.8 Å². The molecule has 1 aromatic heterocycles. The molecule has 4 nitrogen and oxygen atoms in total. The van der Waals surface area contributed by atoms with E-state index in [2.05, 4.69) is 11.1 Å². The van der Waals surface area contributed by atoms with Crippen LogP contribution in [0.5, 0.6) is 5.75 Å². The Balaban J connectivity index is 2.24. The molecular weight excluding hydrogens is 272 g/mol. The fourth-order valence-corrected chi connectivity index (χ4v) is 2.43. The molecule has 20 heavy (non-hydrogen) atoms. The van der Waals surface area contributed by atoms with Gasteiger partial charge in [-0.25, -0.2) is 4.98 Å². The molecule has 1 atom stereocenters. The first-order valence-electron chi connectivity index (χ1n) is 6.24. The summed E-state index contributed by atoms with van der Waals surface area (Å²) in [6.07, 6.45) is 0. The van der Waals surface area contributed by atoms with Gasteiger partial charge >= 0.3 is 0 Å². The molecule has 102 valence electrons. The van der Waals surface area contributed by atoms with E-state index in [4.69, 9.17) is 4.74 Å². The van der Waals surface area contributed by atoms with Gasteiger partial charge in [-0.1, -0.05) is 12.1 Å². The van der Waals surface area contributed by atoms with Crippen LogP contribution >= 0.6 is 11.3 Å². The zero-order valence-corrected chi connectivity index (χ0v) is 12.1. The molecule has 0 N–H and O–H groups in total. The van der Waals surface area contributed by atoms with Crippen LogP contribution in [-0.4, -0.2) is 17.4 Å². The van der Waals surface area contributed by atoms with Gasteiger partial charge in [0.1, 0.15) is 17.4 Å². The molecule has 0 saturated heterocycles. The molecular formula is C15H14N2O2S. The summed E-state index contributed by atoms with van der Waals surface area (Å²) in [5, 5.41) is 11.8. The van der Waals surface area contributed by atoms with Crippen molar-refractivity contribution < 1.29 is 9.53 Å². The second kappa shape index (κ2) is 6.31. The number of rotatable bonds is 5. The highest BCUT2D eigenvalue weighted by atomic mass is 32.1. The van der Waals surface area contributed by atoms with Crippen molar-refractivity contribution in [3.05, 3.63) is 45.9 Å². The number of carbonyl (C=O) groups excluding carboxylic acids is 1. The van der Waals surface area contributed by atoms with E-state index >= 15 is 0 Å². The minimum Gasteiger partial charge on any atom is -0.494 e. The summed E-state index contributed by atoms with van der Waals surface area (Å²) in [5.41, 5.74) is 1.01. The average molecular weight is 286 g/mol. The molecule has 0 fully saturated rings. The Morgan fingerprint density at radius 1 is 1.45 bits per heavy atom. The highest BCUT2D eigenvalue weighted by Crippen LogP contribution is 2.23. The summed E-state index contributed by atoms with van der Waals surface area (Å²) in [4.78, 5) is 16.4. The number of thiazole rings is 1. The molecule has 0 saturated carbocycles. The van der Waals surface area contributed by atoms with Gasteiger partial charge in [0.15, 0.2) is 0 Å². The molecule has 2 aromatic rings. The van der Waals surface area contributed by atoms with Crippen LogP contribution in [0, 0.1) is 18.3 Å². The third kappa shape index (κ3) is 3.03. The molecule has 0 spiro atoms. The van der Waals surface area contributed by atoms with Crippen molar-refractivity contribution in [1.82, 2.24) is 4.98 Å². The summed E-state index contributed by atoms with van der Waals surface area (Å²) in [6.45, 7) is 4.32. The van der Waals surface area contributed by atoms with E-state index in [0.717, 1.165) is 10.8 Å². The lowest BCUT2D eigenvalue weighted by Gasteiger charge is -2.08. The Kier molecular flexibility index (Phi) is 4.49. The topological polar surface area (TPSA) is 63.0 Å². The van der Waals surface area contributed by atoms with E-state index in [1.54, 1.807) is 29.6 Å². The fraction of sp³-hybridized carbons (Fsp3) is 0.267. The number of nitriles is 1. The quantitative estimate of drug-likeness (QED) is 0.791. The number of Topliss-reactive ketones (excluding diaryl/α,β-unsaturated/α-hetero) is 1. The Labute approximate surface area is 121 Å². The van der Waals surface area contributed by atoms with E-state index in [1.165, 1.54) is 11.3 Å². The van der Waals surface area contributed by atoms with Crippen LogP contribution in [0.3, 0.4) is 0 Å². The molecule has 0 bridgehead atoms. The number of benzene rings is 1. The summed E-state index contributed by atoms with van der Waals surface area (Å²) >= 11 is 1.40. The van der Waals surface area contributed by atoms with E-state index < -0.39 is 5.92 Å². The van der Waals surface area contributed by atoms with Gasteiger partial charge in [0.25, 0.3) is 0 Å². The first-order chi connectivity index (χ1) is 9.65. The van der Waals surface area contributed by atoms with Crippen molar-refractivity contribution in [2.75, 3.05) is 6.61 Å². The molecule has 0 aliphatic heterocycles. The van der Waals surface area contributed by atoms with Crippen LogP contribution in [0.15, 0.2) is 29.6 Å². The SMILES string of the molecule is CCOc1ccc(C(C#N)C(=O)c2csc(C)n2)cc1. The smallest absolute Gasteiger partial charge is 0.203 e. The van der Waals surface area contributed by atoms with Crippen LogP contribution in [0.4, 0.5) is 0 Å². The Morgan fingerprint density at radius 2 is 2.15 bits per heavy atom. The third-order valence-corrected chi connectivity index (χ3v) is 3.56. The molecule has 5 heteroatoms. The van der Waals surface area contributed by atoms with Gasteiger partial charge in [-0.05, 0) is 31.5 Å². The second-order valence-corrected chi connectivity index (χ2v) is 5.24. The van der Waals surface area contributed by atoms with Gasteiger partial charge in [-0.15, -0.1) is 11.3 Å². The molecule has 0 aliphatic carbocycles. The van der Waals surface area contributed by atoms with Crippen molar-refractivity contribution in [1.29, 1.82) is 5.26 Å². The maximum Gasteiger partial charge on any atom is 0.203 e. The molecule has 1 heterocycles. The lowest BCUT2D eigenvalue weighted by atomic mass is 9.95. The highest BCUT2D eigenvalue weighted by molar-refractivity contribution is 7.09. The number of hydrogen-bond acceptors (Lipinski definition) is 5. The van der Waals surface area contributed by atoms with Gasteiger partial charge in [0, 0.05) is 5.38 Å². The maximum atomic E-state index is 12.3. The maximum absolute atomic E-state index is 12.3. The number of nitrogens with zero attached hydrogens (tertiary/aromatic N) is 2. The monoisotopic (exact) mass is 286 g/mol. The Hall–Kier alpha value is -2.19. The normalized spacial score (nSPS) is 11.7. The number of ketones is 1. The lowest BCUT2D eigenvalue weighted by Crippen LogP contribution is -2.11. The molecule has 1 aromatic carbocycles. The number of aromatic nitrogens is 1. The summed E-state index contributed by atoms with van der Waals surface area (Å²) in [7, 11) is 0. The number of ether oxygens (including phenoxy) is 1. The summed E-state index contributed by atoms with van der Waals surface area (Å²) in [5.74, 6) is -0.363. The molecule has 1 unspecified atom stereocenters. The van der Waals surface area contributed by atoms with Crippen molar-refractivity contribution in [3.63, 3.8) is 0 Å². The van der Waals surface area contributed by atoms with E-state index in [0.29, 0.717) is 17.9 Å².